The molecule has 21 heavy (non-hydrogen) atoms. The molecule has 2 aromatic rings. The Hall–Kier alpha value is -2.09. The van der Waals surface area contributed by atoms with E-state index in [0.29, 0.717) is 12.5 Å². The number of likely N-dealkylation sites (tertiary alicyclic amines) is 1. The number of nitrogens with zero attached hydrogens (tertiary/aromatic N) is 1. The fourth-order valence-electron chi connectivity index (χ4n) is 3.23. The van der Waals surface area contributed by atoms with Crippen molar-refractivity contribution in [1.29, 1.82) is 0 Å². The summed E-state index contributed by atoms with van der Waals surface area (Å²) in [6.45, 7) is 2.86. The maximum absolute atomic E-state index is 12.5. The lowest BCUT2D eigenvalue weighted by Gasteiger charge is -2.48. The fraction of sp³-hybridized carbons (Fsp3) is 0.316. The Kier molecular flexibility index (Phi) is 4.05. The first-order valence-corrected chi connectivity index (χ1v) is 7.70. The SMILES string of the molecule is CCC[C@H]1C(=O)N(Cc2ccccc2)[C@H]1c1ccccc1. The van der Waals surface area contributed by atoms with Crippen LogP contribution in [0.5, 0.6) is 0 Å². The van der Waals surface area contributed by atoms with E-state index in [1.807, 2.05) is 29.2 Å². The van der Waals surface area contributed by atoms with Crippen molar-refractivity contribution in [2.45, 2.75) is 32.4 Å². The normalized spacial score (nSPS) is 21.2. The third kappa shape index (κ3) is 2.71. The molecule has 0 N–H and O–H groups in total. The Morgan fingerprint density at radius 2 is 1.57 bits per heavy atom. The minimum absolute atomic E-state index is 0.154. The molecule has 0 saturated carbocycles. The molecule has 0 unspecified atom stereocenters. The van der Waals surface area contributed by atoms with Crippen molar-refractivity contribution in [2.75, 3.05) is 0 Å². The number of hydrogen-bond donors (Lipinski definition) is 0. The lowest BCUT2D eigenvalue weighted by Crippen LogP contribution is -2.54. The van der Waals surface area contributed by atoms with Crippen molar-refractivity contribution in [3.63, 3.8) is 0 Å². The van der Waals surface area contributed by atoms with Crippen molar-refractivity contribution < 1.29 is 4.79 Å². The molecule has 2 heteroatoms. The summed E-state index contributed by atoms with van der Waals surface area (Å²) in [5.74, 6) is 0.454. The Balaban J connectivity index is 1.83. The molecule has 2 atom stereocenters. The Morgan fingerprint density at radius 1 is 0.952 bits per heavy atom. The van der Waals surface area contributed by atoms with Crippen molar-refractivity contribution in [3.8, 4) is 0 Å². The second-order valence-electron chi connectivity index (χ2n) is 5.70. The van der Waals surface area contributed by atoms with Gasteiger partial charge in [-0.05, 0) is 17.5 Å². The van der Waals surface area contributed by atoms with Crippen LogP contribution in [0.25, 0.3) is 0 Å². The van der Waals surface area contributed by atoms with Gasteiger partial charge in [0, 0.05) is 6.54 Å². The van der Waals surface area contributed by atoms with Gasteiger partial charge in [0.15, 0.2) is 0 Å². The smallest absolute Gasteiger partial charge is 0.228 e. The minimum atomic E-state index is 0.154. The zero-order chi connectivity index (χ0) is 14.7. The third-order valence-corrected chi connectivity index (χ3v) is 4.25. The standard InChI is InChI=1S/C19H21NO/c1-2-9-17-18(16-12-7-4-8-13-16)20(19(17)21)14-15-10-5-3-6-11-15/h3-8,10-13,17-18H,2,9,14H2,1H3/t17-,18+/m1/s1. The van der Waals surface area contributed by atoms with Gasteiger partial charge in [0.25, 0.3) is 0 Å². The quantitative estimate of drug-likeness (QED) is 0.752. The molecule has 0 aliphatic carbocycles. The molecule has 0 spiro atoms. The number of amides is 1. The van der Waals surface area contributed by atoms with E-state index in [4.69, 9.17) is 0 Å². The molecule has 108 valence electrons. The highest BCUT2D eigenvalue weighted by Crippen LogP contribution is 2.43. The zero-order valence-electron chi connectivity index (χ0n) is 12.4. The third-order valence-electron chi connectivity index (χ3n) is 4.25. The van der Waals surface area contributed by atoms with Crippen LogP contribution >= 0.6 is 0 Å². The van der Waals surface area contributed by atoms with E-state index in [9.17, 15) is 4.79 Å². The summed E-state index contributed by atoms with van der Waals surface area (Å²) in [6.07, 6.45) is 2.03. The molecule has 2 aromatic carbocycles. The second kappa shape index (κ2) is 6.13. The van der Waals surface area contributed by atoms with Gasteiger partial charge in [0.05, 0.1) is 12.0 Å². The van der Waals surface area contributed by atoms with Gasteiger partial charge in [-0.15, -0.1) is 0 Å². The van der Waals surface area contributed by atoms with Crippen LogP contribution in [0.3, 0.4) is 0 Å². The van der Waals surface area contributed by atoms with Gasteiger partial charge in [0.1, 0.15) is 0 Å². The number of benzene rings is 2. The number of carbonyl (C=O) groups is 1. The van der Waals surface area contributed by atoms with E-state index in [0.717, 1.165) is 12.8 Å². The summed E-state index contributed by atoms with van der Waals surface area (Å²) in [5, 5.41) is 0. The Bertz CT molecular complexity index is 593. The zero-order valence-corrected chi connectivity index (χ0v) is 12.4. The lowest BCUT2D eigenvalue weighted by molar-refractivity contribution is -0.158. The van der Waals surface area contributed by atoms with Crippen LogP contribution in [0.1, 0.15) is 36.9 Å². The van der Waals surface area contributed by atoms with Gasteiger partial charge in [-0.25, -0.2) is 0 Å². The van der Waals surface area contributed by atoms with Crippen LogP contribution < -0.4 is 0 Å². The van der Waals surface area contributed by atoms with Crippen LogP contribution in [-0.4, -0.2) is 10.8 Å². The molecular formula is C19H21NO. The summed E-state index contributed by atoms with van der Waals surface area (Å²) in [4.78, 5) is 14.5. The summed E-state index contributed by atoms with van der Waals surface area (Å²) < 4.78 is 0. The number of hydrogen-bond acceptors (Lipinski definition) is 1. The summed E-state index contributed by atoms with van der Waals surface area (Å²) >= 11 is 0. The monoisotopic (exact) mass is 279 g/mol. The van der Waals surface area contributed by atoms with Crippen LogP contribution in [-0.2, 0) is 11.3 Å². The van der Waals surface area contributed by atoms with Gasteiger partial charge < -0.3 is 4.90 Å². The topological polar surface area (TPSA) is 20.3 Å². The molecule has 1 fully saturated rings. The van der Waals surface area contributed by atoms with Gasteiger partial charge >= 0.3 is 0 Å². The van der Waals surface area contributed by atoms with Crippen molar-refractivity contribution in [3.05, 3.63) is 71.8 Å². The number of rotatable bonds is 5. The highest BCUT2D eigenvalue weighted by Gasteiger charge is 2.46. The molecule has 0 radical (unpaired) electrons. The largest absolute Gasteiger partial charge is 0.330 e. The predicted octanol–water partition coefficient (Wildman–Crippen LogP) is 4.19. The number of carbonyl (C=O) groups excluding carboxylic acids is 1. The van der Waals surface area contributed by atoms with E-state index in [-0.39, 0.29) is 12.0 Å². The van der Waals surface area contributed by atoms with Crippen LogP contribution in [0.4, 0.5) is 0 Å². The number of β-lactam (4-membered cyclic amide) rings is 1. The summed E-state index contributed by atoms with van der Waals surface area (Å²) in [6, 6.07) is 20.9. The average molecular weight is 279 g/mol. The van der Waals surface area contributed by atoms with E-state index in [1.165, 1.54) is 11.1 Å². The lowest BCUT2D eigenvalue weighted by atomic mass is 9.79. The van der Waals surface area contributed by atoms with Gasteiger partial charge in [-0.1, -0.05) is 74.0 Å². The predicted molar refractivity (Wildman–Crippen MR) is 84.6 cm³/mol. The molecule has 3 rings (SSSR count). The summed E-state index contributed by atoms with van der Waals surface area (Å²) in [5.41, 5.74) is 2.45. The highest BCUT2D eigenvalue weighted by atomic mass is 16.2. The maximum Gasteiger partial charge on any atom is 0.228 e. The van der Waals surface area contributed by atoms with Crippen molar-refractivity contribution in [1.82, 2.24) is 4.90 Å². The highest BCUT2D eigenvalue weighted by molar-refractivity contribution is 5.86. The van der Waals surface area contributed by atoms with Crippen LogP contribution in [0.15, 0.2) is 60.7 Å². The first-order valence-electron chi connectivity index (χ1n) is 7.70. The van der Waals surface area contributed by atoms with E-state index in [1.54, 1.807) is 0 Å². The van der Waals surface area contributed by atoms with Crippen molar-refractivity contribution in [2.24, 2.45) is 5.92 Å². The second-order valence-corrected chi connectivity index (χ2v) is 5.70. The van der Waals surface area contributed by atoms with E-state index < -0.39 is 0 Å². The van der Waals surface area contributed by atoms with Gasteiger partial charge in [-0.2, -0.15) is 0 Å². The van der Waals surface area contributed by atoms with Gasteiger partial charge in [-0.3, -0.25) is 4.79 Å². The first kappa shape index (κ1) is 13.9. The summed E-state index contributed by atoms with van der Waals surface area (Å²) in [7, 11) is 0. The molecule has 1 amide bonds. The molecule has 1 heterocycles. The minimum Gasteiger partial charge on any atom is -0.330 e. The molecule has 1 aliphatic heterocycles. The molecule has 0 bridgehead atoms. The molecule has 2 nitrogen and oxygen atoms in total. The van der Waals surface area contributed by atoms with Crippen LogP contribution in [0, 0.1) is 5.92 Å². The van der Waals surface area contributed by atoms with Crippen molar-refractivity contribution >= 4 is 5.91 Å². The fourth-order valence-corrected chi connectivity index (χ4v) is 3.23. The Labute approximate surface area is 126 Å². The maximum atomic E-state index is 12.5. The van der Waals surface area contributed by atoms with E-state index in [2.05, 4.69) is 43.3 Å². The first-order chi connectivity index (χ1) is 10.3. The van der Waals surface area contributed by atoms with Gasteiger partial charge in [0.2, 0.25) is 5.91 Å². The molecular weight excluding hydrogens is 258 g/mol. The molecule has 1 saturated heterocycles. The van der Waals surface area contributed by atoms with E-state index >= 15 is 0 Å². The molecule has 0 aromatic heterocycles. The average Bonchev–Trinajstić information content (AvgIpc) is 2.55. The van der Waals surface area contributed by atoms with Crippen LogP contribution in [0.2, 0.25) is 0 Å². The Morgan fingerprint density at radius 3 is 2.19 bits per heavy atom. The molecule has 1 aliphatic rings.